The minimum absolute atomic E-state index is 0.000123. The topological polar surface area (TPSA) is 88.4 Å². The molecule has 240 valence electrons. The summed E-state index contributed by atoms with van der Waals surface area (Å²) < 4.78 is 44.6. The summed E-state index contributed by atoms with van der Waals surface area (Å²) in [6, 6.07) is 25.1. The standard InChI is InChI=1S/C28H29FO5.C7H7FO.HIS/c29-26-10-7-20(28-15-22(31)14-24(16-30)33-28)12-21(26)11-18-5-8-23(9-6-18)32-17-25-13-19-3-1-2-4-27(19)34-25;1-5-3-2-4-6(8)7(5)9;1-2/h1-10,12,22,24-25,28,30-31H,11,13-17H2;2-4,9H,1H3;2H. The average Bonchev–Trinajstić information content (AvgIpc) is 3.48. The molecule has 6 rings (SSSR count). The minimum atomic E-state index is -0.560. The van der Waals surface area contributed by atoms with Gasteiger partial charge in [-0.15, -0.1) is 9.80 Å². The predicted octanol–water partition coefficient (Wildman–Crippen LogP) is 7.48. The van der Waals surface area contributed by atoms with Crippen molar-refractivity contribution in [3.05, 3.63) is 124 Å². The molecule has 6 nitrogen and oxygen atoms in total. The Morgan fingerprint density at radius 1 is 0.911 bits per heavy atom. The fourth-order valence-electron chi connectivity index (χ4n) is 5.34. The second-order valence-electron chi connectivity index (χ2n) is 11.0. The molecule has 4 unspecified atom stereocenters. The Labute approximate surface area is 280 Å². The maximum atomic E-state index is 14.6. The third kappa shape index (κ3) is 9.79. The summed E-state index contributed by atoms with van der Waals surface area (Å²) in [7, 11) is 3.50. The third-order valence-electron chi connectivity index (χ3n) is 7.68. The fourth-order valence-corrected chi connectivity index (χ4v) is 5.34. The van der Waals surface area contributed by atoms with Crippen molar-refractivity contribution in [1.29, 1.82) is 0 Å². The molecular weight excluding hydrogens is 713 g/mol. The summed E-state index contributed by atoms with van der Waals surface area (Å²) in [4.78, 5) is 0. The van der Waals surface area contributed by atoms with Crippen LogP contribution in [0.25, 0.3) is 0 Å². The van der Waals surface area contributed by atoms with Gasteiger partial charge in [-0.1, -0.05) is 48.5 Å². The smallest absolute Gasteiger partial charge is 0.165 e. The van der Waals surface area contributed by atoms with Crippen LogP contribution >= 0.6 is 31.0 Å². The monoisotopic (exact) mass is 750 g/mol. The van der Waals surface area contributed by atoms with Crippen molar-refractivity contribution >= 4 is 31.0 Å². The fraction of sp³-hybridized carbons (Fsp3) is 0.314. The second kappa shape index (κ2) is 17.1. The first-order valence-corrected chi connectivity index (χ1v) is 17.8. The highest BCUT2D eigenvalue weighted by molar-refractivity contribution is 14.2. The van der Waals surface area contributed by atoms with Crippen LogP contribution in [0.15, 0.2) is 84.9 Å². The number of hydrogen-bond acceptors (Lipinski definition) is 7. The van der Waals surface area contributed by atoms with Crippen LogP contribution in [0.2, 0.25) is 0 Å². The molecule has 2 aliphatic rings. The van der Waals surface area contributed by atoms with Gasteiger partial charge in [0.25, 0.3) is 0 Å². The Kier molecular flexibility index (Phi) is 13.3. The number of aromatic hydroxyl groups is 1. The highest BCUT2D eigenvalue weighted by Gasteiger charge is 2.29. The Hall–Kier alpha value is -2.90. The average molecular weight is 751 g/mol. The van der Waals surface area contributed by atoms with Crippen molar-refractivity contribution in [3.63, 3.8) is 0 Å². The van der Waals surface area contributed by atoms with Gasteiger partial charge in [-0.2, -0.15) is 0 Å². The first kappa shape index (κ1) is 35.0. The van der Waals surface area contributed by atoms with Crippen molar-refractivity contribution in [2.75, 3.05) is 13.2 Å². The predicted molar refractivity (Wildman–Crippen MR) is 181 cm³/mol. The normalized spacial score (nSPS) is 20.1. The maximum absolute atomic E-state index is 14.6. The highest BCUT2D eigenvalue weighted by atomic mass is 127. The van der Waals surface area contributed by atoms with Crippen molar-refractivity contribution in [2.45, 2.75) is 57.0 Å². The summed E-state index contributed by atoms with van der Waals surface area (Å²) in [5.74, 6) is 0.581. The molecule has 0 bridgehead atoms. The first-order valence-electron chi connectivity index (χ1n) is 14.6. The molecule has 10 heteroatoms. The molecule has 0 amide bonds. The SMILES string of the molecule is Cc1cccc(F)c1O.OCC1CC(O)CC(c2ccc(F)c(Cc3ccc(OCC4Cc5ccccc5O4)cc3)c2)O1.SI. The molecule has 45 heavy (non-hydrogen) atoms. The van der Waals surface area contributed by atoms with E-state index >= 15 is 0 Å². The highest BCUT2D eigenvalue weighted by Crippen LogP contribution is 2.33. The van der Waals surface area contributed by atoms with Gasteiger partial charge in [0, 0.05) is 25.7 Å². The lowest BCUT2D eigenvalue weighted by atomic mass is 9.94. The number of phenols is 1. The number of fused-ring (bicyclic) bond motifs is 1. The zero-order valence-corrected chi connectivity index (χ0v) is 27.8. The van der Waals surface area contributed by atoms with Crippen LogP contribution in [0, 0.1) is 18.6 Å². The third-order valence-corrected chi connectivity index (χ3v) is 7.68. The van der Waals surface area contributed by atoms with Crippen LogP contribution in [0.4, 0.5) is 8.78 Å². The van der Waals surface area contributed by atoms with Crippen LogP contribution in [0.3, 0.4) is 0 Å². The molecule has 2 aliphatic heterocycles. The Morgan fingerprint density at radius 3 is 2.36 bits per heavy atom. The van der Waals surface area contributed by atoms with Crippen LogP contribution in [0.5, 0.6) is 17.2 Å². The van der Waals surface area contributed by atoms with Crippen molar-refractivity contribution < 1.29 is 38.3 Å². The van der Waals surface area contributed by atoms with Crippen LogP contribution in [-0.4, -0.2) is 46.8 Å². The summed E-state index contributed by atoms with van der Waals surface area (Å²) in [6.07, 6.45) is 0.808. The van der Waals surface area contributed by atoms with E-state index in [1.165, 1.54) is 17.7 Å². The van der Waals surface area contributed by atoms with Crippen molar-refractivity contribution in [1.82, 2.24) is 0 Å². The number of rotatable bonds is 7. The van der Waals surface area contributed by atoms with Gasteiger partial charge < -0.3 is 29.5 Å². The molecule has 1 fully saturated rings. The largest absolute Gasteiger partial charge is 0.505 e. The van der Waals surface area contributed by atoms with E-state index < -0.39 is 18.0 Å². The van der Waals surface area contributed by atoms with Gasteiger partial charge >= 0.3 is 0 Å². The number of phenolic OH excluding ortho intramolecular Hbond substituents is 1. The van der Waals surface area contributed by atoms with Gasteiger partial charge in [0.1, 0.15) is 30.0 Å². The number of aliphatic hydroxyl groups is 2. The van der Waals surface area contributed by atoms with Gasteiger partial charge in [-0.3, -0.25) is 0 Å². The van der Waals surface area contributed by atoms with E-state index in [-0.39, 0.29) is 30.4 Å². The van der Waals surface area contributed by atoms with Gasteiger partial charge in [-0.05, 0) is 92.3 Å². The van der Waals surface area contributed by atoms with Crippen molar-refractivity contribution in [2.24, 2.45) is 0 Å². The minimum Gasteiger partial charge on any atom is -0.505 e. The van der Waals surface area contributed by atoms with E-state index in [9.17, 15) is 19.0 Å². The number of halogens is 3. The van der Waals surface area contributed by atoms with E-state index in [0.717, 1.165) is 29.0 Å². The molecule has 0 spiro atoms. The van der Waals surface area contributed by atoms with Crippen LogP contribution in [-0.2, 0) is 17.6 Å². The molecule has 3 N–H and O–H groups in total. The van der Waals surface area contributed by atoms with E-state index in [4.69, 9.17) is 19.3 Å². The number of aliphatic hydroxyl groups excluding tert-OH is 2. The molecule has 0 saturated carbocycles. The molecule has 0 aliphatic carbocycles. The molecular formula is C35H37F2IO6S. The van der Waals surface area contributed by atoms with Crippen LogP contribution in [0.1, 0.15) is 46.8 Å². The second-order valence-corrected chi connectivity index (χ2v) is 11.0. The lowest BCUT2D eigenvalue weighted by Gasteiger charge is -2.32. The zero-order valence-electron chi connectivity index (χ0n) is 24.8. The number of ether oxygens (including phenoxy) is 3. The van der Waals surface area contributed by atoms with E-state index in [1.54, 1.807) is 31.2 Å². The van der Waals surface area contributed by atoms with Crippen LogP contribution < -0.4 is 9.47 Å². The van der Waals surface area contributed by atoms with Crippen molar-refractivity contribution in [3.8, 4) is 17.2 Å². The Morgan fingerprint density at radius 2 is 1.67 bits per heavy atom. The molecule has 2 heterocycles. The molecule has 0 radical (unpaired) electrons. The molecule has 4 aromatic carbocycles. The summed E-state index contributed by atoms with van der Waals surface area (Å²) in [5.41, 5.74) is 4.11. The number of para-hydroxylation sites is 2. The number of hydrogen-bond donors (Lipinski definition) is 4. The molecule has 4 atom stereocenters. The van der Waals surface area contributed by atoms with E-state index in [2.05, 4.69) is 15.9 Å². The molecule has 1 saturated heterocycles. The Balaban J connectivity index is 0.000000358. The molecule has 4 aromatic rings. The first-order chi connectivity index (χ1) is 21.8. The number of aryl methyl sites for hydroxylation is 1. The van der Waals surface area contributed by atoms with Gasteiger partial charge in [0.2, 0.25) is 0 Å². The Bertz CT molecular complexity index is 1480. The van der Waals surface area contributed by atoms with Gasteiger partial charge in [-0.25, -0.2) is 8.78 Å². The lowest BCUT2D eigenvalue weighted by molar-refractivity contribution is -0.113. The molecule has 0 aromatic heterocycles. The van der Waals surface area contributed by atoms with E-state index in [1.807, 2.05) is 63.7 Å². The quantitative estimate of drug-likeness (QED) is 0.116. The summed E-state index contributed by atoms with van der Waals surface area (Å²) >= 11 is 1.84. The zero-order chi connectivity index (χ0) is 32.3. The summed E-state index contributed by atoms with van der Waals surface area (Å²) in [5, 5.41) is 28.3. The lowest BCUT2D eigenvalue weighted by Crippen LogP contribution is -2.33. The number of benzene rings is 4. The number of thiol groups is 1. The summed E-state index contributed by atoms with van der Waals surface area (Å²) in [6.45, 7) is 1.97. The van der Waals surface area contributed by atoms with E-state index in [0.29, 0.717) is 37.0 Å². The maximum Gasteiger partial charge on any atom is 0.165 e. The van der Waals surface area contributed by atoms with Gasteiger partial charge in [0.05, 0.1) is 24.9 Å². The van der Waals surface area contributed by atoms with Gasteiger partial charge in [0.15, 0.2) is 11.6 Å².